The number of nitrogen functional groups attached to an aromatic ring is 1. The molecule has 20 heavy (non-hydrogen) atoms. The summed E-state index contributed by atoms with van der Waals surface area (Å²) in [6.45, 7) is 1.67. The van der Waals surface area contributed by atoms with E-state index in [0.717, 1.165) is 5.56 Å². The van der Waals surface area contributed by atoms with Gasteiger partial charge in [-0.05, 0) is 36.8 Å². The highest BCUT2D eigenvalue weighted by Crippen LogP contribution is 2.31. The fraction of sp³-hybridized carbons (Fsp3) is 0.133. The molecule has 3 nitrogen and oxygen atoms in total. The molecule has 0 aliphatic rings. The van der Waals surface area contributed by atoms with Crippen LogP contribution >= 0.6 is 15.9 Å². The molecule has 0 heterocycles. The van der Waals surface area contributed by atoms with E-state index in [0.29, 0.717) is 21.5 Å². The number of anilines is 1. The van der Waals surface area contributed by atoms with Crippen LogP contribution in [0.5, 0.6) is 5.75 Å². The maximum atomic E-state index is 12.8. The molecule has 0 spiro atoms. The summed E-state index contributed by atoms with van der Waals surface area (Å²) < 4.78 is 19.2. The van der Waals surface area contributed by atoms with Gasteiger partial charge >= 0.3 is 0 Å². The molecule has 0 fully saturated rings. The number of ether oxygens (including phenoxy) is 1. The maximum absolute atomic E-state index is 12.8. The fourth-order valence-electron chi connectivity index (χ4n) is 1.77. The van der Waals surface area contributed by atoms with Gasteiger partial charge < -0.3 is 10.5 Å². The second kappa shape index (κ2) is 6.05. The molecule has 0 unspecified atom stereocenters. The van der Waals surface area contributed by atoms with E-state index in [-0.39, 0.29) is 18.2 Å². The third kappa shape index (κ3) is 3.36. The number of carbonyl (C=O) groups is 1. The van der Waals surface area contributed by atoms with E-state index in [4.69, 9.17) is 10.5 Å². The highest BCUT2D eigenvalue weighted by Gasteiger charge is 2.13. The van der Waals surface area contributed by atoms with Crippen LogP contribution in [0.1, 0.15) is 22.8 Å². The zero-order valence-corrected chi connectivity index (χ0v) is 12.4. The molecule has 0 atom stereocenters. The summed E-state index contributed by atoms with van der Waals surface area (Å²) in [5.74, 6) is -0.0848. The molecule has 2 N–H and O–H groups in total. The Morgan fingerprint density at radius 2 is 1.95 bits per heavy atom. The van der Waals surface area contributed by atoms with Crippen LogP contribution < -0.4 is 10.5 Å². The number of halogens is 2. The molecule has 0 amide bonds. The Morgan fingerprint density at radius 1 is 1.30 bits per heavy atom. The van der Waals surface area contributed by atoms with Gasteiger partial charge in [-0.15, -0.1) is 0 Å². The van der Waals surface area contributed by atoms with Gasteiger partial charge in [0.25, 0.3) is 0 Å². The second-order valence-electron chi connectivity index (χ2n) is 4.34. The minimum absolute atomic E-state index is 0.132. The van der Waals surface area contributed by atoms with Crippen molar-refractivity contribution in [2.24, 2.45) is 0 Å². The molecule has 0 saturated carbocycles. The Kier molecular flexibility index (Phi) is 4.39. The van der Waals surface area contributed by atoms with Crippen molar-refractivity contribution >= 4 is 27.4 Å². The molecule has 2 rings (SSSR count). The minimum Gasteiger partial charge on any atom is -0.486 e. The Bertz CT molecular complexity index is 641. The molecule has 0 saturated heterocycles. The van der Waals surface area contributed by atoms with Gasteiger partial charge in [0.1, 0.15) is 12.4 Å². The monoisotopic (exact) mass is 337 g/mol. The highest BCUT2D eigenvalue weighted by atomic mass is 79.9. The van der Waals surface area contributed by atoms with Crippen molar-refractivity contribution < 1.29 is 13.9 Å². The van der Waals surface area contributed by atoms with Gasteiger partial charge in [-0.2, -0.15) is 0 Å². The van der Waals surface area contributed by atoms with Gasteiger partial charge in [0.05, 0.1) is 11.3 Å². The molecule has 0 aliphatic carbocycles. The topological polar surface area (TPSA) is 52.3 Å². The summed E-state index contributed by atoms with van der Waals surface area (Å²) in [5, 5.41) is 0. The van der Waals surface area contributed by atoms with Gasteiger partial charge in [0.15, 0.2) is 11.5 Å². The van der Waals surface area contributed by atoms with Gasteiger partial charge in [0.2, 0.25) is 0 Å². The number of carbonyl (C=O) groups excluding carboxylic acids is 1. The molecule has 0 aromatic heterocycles. The highest BCUT2D eigenvalue weighted by molar-refractivity contribution is 9.10. The molecule has 5 heteroatoms. The Morgan fingerprint density at radius 3 is 2.55 bits per heavy atom. The Balaban J connectivity index is 2.24. The normalized spacial score (nSPS) is 10.3. The van der Waals surface area contributed by atoms with E-state index in [2.05, 4.69) is 15.9 Å². The first-order valence-electron chi connectivity index (χ1n) is 5.94. The third-order valence-electron chi connectivity index (χ3n) is 2.76. The van der Waals surface area contributed by atoms with Gasteiger partial charge in [-0.3, -0.25) is 4.79 Å². The smallest absolute Gasteiger partial charge is 0.163 e. The summed E-state index contributed by atoms with van der Waals surface area (Å²) in [7, 11) is 0. The molecule has 0 bridgehead atoms. The molecule has 2 aromatic rings. The largest absolute Gasteiger partial charge is 0.486 e. The number of benzene rings is 2. The number of hydrogen-bond acceptors (Lipinski definition) is 3. The predicted molar refractivity (Wildman–Crippen MR) is 79.3 cm³/mol. The molecule has 2 aromatic carbocycles. The van der Waals surface area contributed by atoms with Crippen molar-refractivity contribution in [3.63, 3.8) is 0 Å². The number of Topliss-reactive ketones (excluding diaryl/α,β-unsaturated/α-hetero) is 1. The SMILES string of the molecule is CC(=O)c1cc(Br)cc(N)c1OCc1ccc(F)cc1. The summed E-state index contributed by atoms with van der Waals surface area (Å²) in [6, 6.07) is 9.30. The molecular weight excluding hydrogens is 325 g/mol. The van der Waals surface area contributed by atoms with E-state index >= 15 is 0 Å². The molecule has 104 valence electrons. The first-order chi connectivity index (χ1) is 9.47. The second-order valence-corrected chi connectivity index (χ2v) is 5.26. The summed E-state index contributed by atoms with van der Waals surface area (Å²) in [6.07, 6.45) is 0. The Labute approximate surface area is 124 Å². The van der Waals surface area contributed by atoms with Gasteiger partial charge in [0, 0.05) is 4.47 Å². The lowest BCUT2D eigenvalue weighted by atomic mass is 10.1. The van der Waals surface area contributed by atoms with Crippen LogP contribution in [0.15, 0.2) is 40.9 Å². The number of nitrogens with two attached hydrogens (primary N) is 1. The van der Waals surface area contributed by atoms with E-state index in [1.165, 1.54) is 19.1 Å². The Hall–Kier alpha value is -1.88. The average molecular weight is 338 g/mol. The minimum atomic E-state index is -0.304. The maximum Gasteiger partial charge on any atom is 0.163 e. The quantitative estimate of drug-likeness (QED) is 0.678. The summed E-state index contributed by atoms with van der Waals surface area (Å²) in [4.78, 5) is 11.6. The summed E-state index contributed by atoms with van der Waals surface area (Å²) in [5.41, 5.74) is 7.47. The number of ketones is 1. The fourth-order valence-corrected chi connectivity index (χ4v) is 2.25. The molecular formula is C15H13BrFNO2. The van der Waals surface area contributed by atoms with E-state index < -0.39 is 0 Å². The standard InChI is InChI=1S/C15H13BrFNO2/c1-9(19)13-6-11(16)7-14(18)15(13)20-8-10-2-4-12(17)5-3-10/h2-7H,8,18H2,1H3. The first kappa shape index (κ1) is 14.5. The van der Waals surface area contributed by atoms with Crippen molar-refractivity contribution in [2.45, 2.75) is 13.5 Å². The van der Waals surface area contributed by atoms with Gasteiger partial charge in [-0.25, -0.2) is 4.39 Å². The average Bonchev–Trinajstić information content (AvgIpc) is 2.38. The van der Waals surface area contributed by atoms with Crippen molar-refractivity contribution in [3.8, 4) is 5.75 Å². The first-order valence-corrected chi connectivity index (χ1v) is 6.74. The van der Waals surface area contributed by atoms with Crippen LogP contribution in [0.25, 0.3) is 0 Å². The zero-order valence-electron chi connectivity index (χ0n) is 10.8. The van der Waals surface area contributed by atoms with Crippen LogP contribution in [0.4, 0.5) is 10.1 Å². The third-order valence-corrected chi connectivity index (χ3v) is 3.22. The lowest BCUT2D eigenvalue weighted by Crippen LogP contribution is -2.05. The van der Waals surface area contributed by atoms with E-state index in [9.17, 15) is 9.18 Å². The molecule has 0 radical (unpaired) electrons. The van der Waals surface area contributed by atoms with Crippen LogP contribution in [0, 0.1) is 5.82 Å². The number of hydrogen-bond donors (Lipinski definition) is 1. The lowest BCUT2D eigenvalue weighted by molar-refractivity contribution is 0.101. The van der Waals surface area contributed by atoms with Crippen molar-refractivity contribution in [1.82, 2.24) is 0 Å². The summed E-state index contributed by atoms with van der Waals surface area (Å²) >= 11 is 3.29. The van der Waals surface area contributed by atoms with Crippen molar-refractivity contribution in [1.29, 1.82) is 0 Å². The predicted octanol–water partition coefficient (Wildman–Crippen LogP) is 3.95. The van der Waals surface area contributed by atoms with E-state index in [1.807, 2.05) is 0 Å². The van der Waals surface area contributed by atoms with Crippen LogP contribution in [0.3, 0.4) is 0 Å². The zero-order chi connectivity index (χ0) is 14.7. The number of rotatable bonds is 4. The lowest BCUT2D eigenvalue weighted by Gasteiger charge is -2.13. The van der Waals surface area contributed by atoms with Crippen LogP contribution in [0.2, 0.25) is 0 Å². The van der Waals surface area contributed by atoms with Gasteiger partial charge in [-0.1, -0.05) is 28.1 Å². The van der Waals surface area contributed by atoms with Crippen molar-refractivity contribution in [2.75, 3.05) is 5.73 Å². The van der Waals surface area contributed by atoms with Crippen molar-refractivity contribution in [3.05, 3.63) is 57.8 Å². The molecule has 0 aliphatic heterocycles. The van der Waals surface area contributed by atoms with E-state index in [1.54, 1.807) is 24.3 Å². The van der Waals surface area contributed by atoms with Crippen LogP contribution in [-0.2, 0) is 6.61 Å². The van der Waals surface area contributed by atoms with Crippen LogP contribution in [-0.4, -0.2) is 5.78 Å².